The Labute approximate surface area is 173 Å². The highest BCUT2D eigenvalue weighted by atomic mass is 16.2. The van der Waals surface area contributed by atoms with E-state index in [9.17, 15) is 9.59 Å². The van der Waals surface area contributed by atoms with Gasteiger partial charge in [0, 0.05) is 30.2 Å². The fourth-order valence-electron chi connectivity index (χ4n) is 3.58. The monoisotopic (exact) mass is 393 g/mol. The molecule has 5 nitrogen and oxygen atoms in total. The van der Waals surface area contributed by atoms with Crippen LogP contribution in [-0.2, 0) is 9.59 Å². The molecular formula is C24H31N3O2. The molecule has 1 aliphatic rings. The molecule has 0 bridgehead atoms. The molecule has 2 aromatic rings. The molecule has 0 spiro atoms. The van der Waals surface area contributed by atoms with Crippen LogP contribution < -0.4 is 15.5 Å². The van der Waals surface area contributed by atoms with Gasteiger partial charge in [-0.05, 0) is 82.3 Å². The fourth-order valence-corrected chi connectivity index (χ4v) is 3.58. The summed E-state index contributed by atoms with van der Waals surface area (Å²) < 4.78 is 0. The van der Waals surface area contributed by atoms with Gasteiger partial charge < -0.3 is 15.5 Å². The number of piperidine rings is 1. The van der Waals surface area contributed by atoms with Crippen molar-refractivity contribution in [2.45, 2.75) is 47.0 Å². The molecule has 1 heterocycles. The highest BCUT2D eigenvalue weighted by Crippen LogP contribution is 2.26. The number of carbonyl (C=O) groups excluding carboxylic acids is 2. The second-order valence-corrected chi connectivity index (χ2v) is 8.39. The lowest BCUT2D eigenvalue weighted by Crippen LogP contribution is -2.41. The van der Waals surface area contributed by atoms with Crippen LogP contribution in [0.15, 0.2) is 42.5 Å². The summed E-state index contributed by atoms with van der Waals surface area (Å²) in [6.45, 7) is 9.34. The molecule has 1 saturated heterocycles. The number of nitrogens with zero attached hydrogens (tertiary/aromatic N) is 1. The van der Waals surface area contributed by atoms with Crippen molar-refractivity contribution < 1.29 is 9.59 Å². The number of anilines is 3. The first-order chi connectivity index (χ1) is 13.8. The molecule has 0 radical (unpaired) electrons. The molecule has 2 amide bonds. The molecule has 29 heavy (non-hydrogen) atoms. The third-order valence-corrected chi connectivity index (χ3v) is 5.70. The van der Waals surface area contributed by atoms with Crippen LogP contribution in [0.3, 0.4) is 0 Å². The van der Waals surface area contributed by atoms with E-state index in [-0.39, 0.29) is 11.8 Å². The quantitative estimate of drug-likeness (QED) is 0.711. The molecule has 2 N–H and O–H groups in total. The van der Waals surface area contributed by atoms with Crippen LogP contribution >= 0.6 is 0 Å². The van der Waals surface area contributed by atoms with E-state index in [1.807, 2.05) is 56.3 Å². The highest BCUT2D eigenvalue weighted by molar-refractivity contribution is 6.14. The van der Waals surface area contributed by atoms with Crippen LogP contribution in [0.1, 0.15) is 44.2 Å². The number of hydrogen-bond acceptors (Lipinski definition) is 3. The summed E-state index contributed by atoms with van der Waals surface area (Å²) >= 11 is 0. The zero-order chi connectivity index (χ0) is 21.0. The first kappa shape index (κ1) is 20.9. The second kappa shape index (κ2) is 8.68. The first-order valence-electron chi connectivity index (χ1n) is 10.3. The average molecular weight is 394 g/mol. The molecule has 0 aromatic heterocycles. The number of nitrogens with one attached hydrogen (secondary N) is 2. The van der Waals surface area contributed by atoms with Gasteiger partial charge in [0.15, 0.2) is 0 Å². The van der Waals surface area contributed by atoms with Crippen LogP contribution in [0.2, 0.25) is 0 Å². The standard InChI is InChI=1S/C24H31N3O2/c1-17-9-8-10-18(2)21(17)26-23(29)24(3,4)22(28)25-19-11-13-20(14-12-19)27-15-6-5-7-16-27/h8-14H,5-7,15-16H2,1-4H3,(H,25,28)(H,26,29). The Kier molecular flexibility index (Phi) is 6.26. The van der Waals surface area contributed by atoms with E-state index in [1.54, 1.807) is 13.8 Å². The van der Waals surface area contributed by atoms with E-state index < -0.39 is 5.41 Å². The molecule has 5 heteroatoms. The van der Waals surface area contributed by atoms with Gasteiger partial charge in [-0.2, -0.15) is 0 Å². The Balaban J connectivity index is 1.66. The summed E-state index contributed by atoms with van der Waals surface area (Å²) in [5.41, 5.74) is 3.38. The van der Waals surface area contributed by atoms with E-state index in [0.29, 0.717) is 5.69 Å². The molecule has 1 fully saturated rings. The topological polar surface area (TPSA) is 61.4 Å². The maximum atomic E-state index is 12.9. The van der Waals surface area contributed by atoms with Crippen LogP contribution in [0, 0.1) is 19.3 Å². The van der Waals surface area contributed by atoms with Gasteiger partial charge >= 0.3 is 0 Å². The van der Waals surface area contributed by atoms with Crippen LogP contribution in [0.25, 0.3) is 0 Å². The number of amides is 2. The van der Waals surface area contributed by atoms with Gasteiger partial charge in [0.05, 0.1) is 0 Å². The normalized spacial score (nSPS) is 14.4. The smallest absolute Gasteiger partial charge is 0.239 e. The van der Waals surface area contributed by atoms with Crippen molar-refractivity contribution in [1.82, 2.24) is 0 Å². The Morgan fingerprint density at radius 2 is 1.38 bits per heavy atom. The van der Waals surface area contributed by atoms with Gasteiger partial charge in [-0.3, -0.25) is 9.59 Å². The van der Waals surface area contributed by atoms with Gasteiger partial charge in [0.25, 0.3) is 0 Å². The number of rotatable bonds is 5. The number of para-hydroxylation sites is 1. The van der Waals surface area contributed by atoms with Gasteiger partial charge in [-0.1, -0.05) is 18.2 Å². The summed E-state index contributed by atoms with van der Waals surface area (Å²) in [5.74, 6) is -0.649. The van der Waals surface area contributed by atoms with E-state index >= 15 is 0 Å². The lowest BCUT2D eigenvalue weighted by molar-refractivity contribution is -0.135. The molecule has 0 aliphatic carbocycles. The van der Waals surface area contributed by atoms with Crippen LogP contribution in [-0.4, -0.2) is 24.9 Å². The zero-order valence-electron chi connectivity index (χ0n) is 17.8. The summed E-state index contributed by atoms with van der Waals surface area (Å²) in [4.78, 5) is 28.1. The van der Waals surface area contributed by atoms with Crippen molar-refractivity contribution in [3.05, 3.63) is 53.6 Å². The van der Waals surface area contributed by atoms with Crippen molar-refractivity contribution in [2.75, 3.05) is 28.6 Å². The van der Waals surface area contributed by atoms with Gasteiger partial charge in [0.2, 0.25) is 11.8 Å². The minimum absolute atomic E-state index is 0.322. The molecule has 2 aromatic carbocycles. The minimum atomic E-state index is -1.21. The van der Waals surface area contributed by atoms with E-state index in [0.717, 1.165) is 29.9 Å². The fraction of sp³-hybridized carbons (Fsp3) is 0.417. The van der Waals surface area contributed by atoms with Crippen molar-refractivity contribution in [3.63, 3.8) is 0 Å². The molecule has 3 rings (SSSR count). The van der Waals surface area contributed by atoms with Crippen molar-refractivity contribution in [3.8, 4) is 0 Å². The average Bonchev–Trinajstić information content (AvgIpc) is 2.71. The van der Waals surface area contributed by atoms with Gasteiger partial charge in [0.1, 0.15) is 5.41 Å². The maximum Gasteiger partial charge on any atom is 0.239 e. The summed E-state index contributed by atoms with van der Waals surface area (Å²) in [6.07, 6.45) is 3.74. The second-order valence-electron chi connectivity index (χ2n) is 8.39. The lowest BCUT2D eigenvalue weighted by atomic mass is 9.90. The van der Waals surface area contributed by atoms with Crippen LogP contribution in [0.5, 0.6) is 0 Å². The summed E-state index contributed by atoms with van der Waals surface area (Å²) in [7, 11) is 0. The minimum Gasteiger partial charge on any atom is -0.372 e. The van der Waals surface area contributed by atoms with E-state index in [1.165, 1.54) is 24.9 Å². The molecule has 0 unspecified atom stereocenters. The molecule has 1 aliphatic heterocycles. The van der Waals surface area contributed by atoms with Gasteiger partial charge in [-0.15, -0.1) is 0 Å². The predicted molar refractivity (Wildman–Crippen MR) is 119 cm³/mol. The highest BCUT2D eigenvalue weighted by Gasteiger charge is 2.36. The number of benzene rings is 2. The summed E-state index contributed by atoms with van der Waals surface area (Å²) in [5, 5.41) is 5.82. The van der Waals surface area contributed by atoms with E-state index in [4.69, 9.17) is 0 Å². The zero-order valence-corrected chi connectivity index (χ0v) is 17.8. The largest absolute Gasteiger partial charge is 0.372 e. The third-order valence-electron chi connectivity index (χ3n) is 5.70. The Bertz CT molecular complexity index is 861. The van der Waals surface area contributed by atoms with Gasteiger partial charge in [-0.25, -0.2) is 0 Å². The van der Waals surface area contributed by atoms with Crippen molar-refractivity contribution in [1.29, 1.82) is 0 Å². The number of aryl methyl sites for hydroxylation is 2. The predicted octanol–water partition coefficient (Wildman–Crippen LogP) is 4.90. The van der Waals surface area contributed by atoms with Crippen molar-refractivity contribution >= 4 is 28.9 Å². The van der Waals surface area contributed by atoms with E-state index in [2.05, 4.69) is 15.5 Å². The number of hydrogen-bond donors (Lipinski definition) is 2. The van der Waals surface area contributed by atoms with Crippen molar-refractivity contribution in [2.24, 2.45) is 5.41 Å². The third kappa shape index (κ3) is 4.78. The Morgan fingerprint density at radius 3 is 1.97 bits per heavy atom. The SMILES string of the molecule is Cc1cccc(C)c1NC(=O)C(C)(C)C(=O)Nc1ccc(N2CCCCC2)cc1. The molecule has 0 saturated carbocycles. The Morgan fingerprint density at radius 1 is 0.828 bits per heavy atom. The molecule has 0 atom stereocenters. The van der Waals surface area contributed by atoms with Crippen LogP contribution in [0.4, 0.5) is 17.1 Å². The first-order valence-corrected chi connectivity index (χ1v) is 10.3. The maximum absolute atomic E-state index is 12.9. The molecular weight excluding hydrogens is 362 g/mol. The Hall–Kier alpha value is -2.82. The molecule has 154 valence electrons. The lowest BCUT2D eigenvalue weighted by Gasteiger charge is -2.29. The number of carbonyl (C=O) groups is 2. The summed E-state index contributed by atoms with van der Waals surface area (Å²) in [6, 6.07) is 13.7.